The minimum atomic E-state index is 0.152. The van der Waals surface area contributed by atoms with Crippen molar-refractivity contribution in [3.05, 3.63) is 29.3 Å². The van der Waals surface area contributed by atoms with Crippen LogP contribution in [0.4, 0.5) is 5.69 Å². The molecule has 0 bridgehead atoms. The summed E-state index contributed by atoms with van der Waals surface area (Å²) in [4.78, 5) is 12.0. The van der Waals surface area contributed by atoms with Gasteiger partial charge in [-0.1, -0.05) is 83.3 Å². The van der Waals surface area contributed by atoms with Crippen LogP contribution >= 0.6 is 0 Å². The minimum Gasteiger partial charge on any atom is -0.326 e. The van der Waals surface area contributed by atoms with Crippen LogP contribution in [-0.4, -0.2) is 5.91 Å². The number of amides is 1. The highest BCUT2D eigenvalue weighted by Crippen LogP contribution is 2.18. The van der Waals surface area contributed by atoms with Gasteiger partial charge in [0.25, 0.3) is 0 Å². The van der Waals surface area contributed by atoms with Gasteiger partial charge in [0.2, 0.25) is 5.91 Å². The molecule has 0 aliphatic rings. The van der Waals surface area contributed by atoms with Crippen molar-refractivity contribution in [2.24, 2.45) is 0 Å². The van der Waals surface area contributed by atoms with Gasteiger partial charge in [0.05, 0.1) is 0 Å². The van der Waals surface area contributed by atoms with Crippen molar-refractivity contribution in [2.75, 3.05) is 5.32 Å². The Bertz CT molecular complexity index is 467. The Kier molecular flexibility index (Phi) is 11.3. The van der Waals surface area contributed by atoms with E-state index < -0.39 is 0 Å². The number of aryl methyl sites for hydroxylation is 1. The first kappa shape index (κ1) is 20.7. The van der Waals surface area contributed by atoms with Crippen LogP contribution in [0.25, 0.3) is 0 Å². The van der Waals surface area contributed by atoms with E-state index in [1.165, 1.54) is 75.3 Å². The summed E-state index contributed by atoms with van der Waals surface area (Å²) >= 11 is 0. The van der Waals surface area contributed by atoms with Gasteiger partial charge >= 0.3 is 0 Å². The van der Waals surface area contributed by atoms with Gasteiger partial charge in [-0.05, 0) is 37.5 Å². The van der Waals surface area contributed by atoms with E-state index in [0.717, 1.165) is 12.1 Å². The Morgan fingerprint density at radius 3 is 1.96 bits per heavy atom. The molecule has 2 nitrogen and oxygen atoms in total. The lowest BCUT2D eigenvalue weighted by molar-refractivity contribution is -0.116. The maximum absolute atomic E-state index is 12.0. The lowest BCUT2D eigenvalue weighted by Gasteiger charge is -2.10. The van der Waals surface area contributed by atoms with Crippen LogP contribution in [0.5, 0.6) is 0 Å². The normalized spacial score (nSPS) is 10.8. The Balaban J connectivity index is 1.99. The summed E-state index contributed by atoms with van der Waals surface area (Å²) in [6.45, 7) is 6.41. The summed E-state index contributed by atoms with van der Waals surface area (Å²) < 4.78 is 0. The average Bonchev–Trinajstić information content (AvgIpc) is 2.57. The first-order valence-corrected chi connectivity index (χ1v) is 10.0. The number of benzene rings is 1. The van der Waals surface area contributed by atoms with E-state index in [0.29, 0.717) is 6.42 Å². The number of hydrogen-bond donors (Lipinski definition) is 1. The molecule has 1 N–H and O–H groups in total. The standard InChI is InChI=1S/C22H37NO/c1-4-5-6-7-8-9-10-11-12-13-14-18-22(24)23-21-17-15-16-19(2)20(21)3/h15-17H,4-14,18H2,1-3H3,(H,23,24). The quantitative estimate of drug-likeness (QED) is 0.389. The predicted octanol–water partition coefficient (Wildman–Crippen LogP) is 6.94. The summed E-state index contributed by atoms with van der Waals surface area (Å²) in [6, 6.07) is 6.07. The molecule has 136 valence electrons. The zero-order chi connectivity index (χ0) is 17.6. The Hall–Kier alpha value is -1.31. The molecule has 0 fully saturated rings. The summed E-state index contributed by atoms with van der Waals surface area (Å²) in [5.41, 5.74) is 3.36. The molecule has 0 unspecified atom stereocenters. The highest BCUT2D eigenvalue weighted by atomic mass is 16.1. The van der Waals surface area contributed by atoms with Gasteiger partial charge in [0, 0.05) is 12.1 Å². The van der Waals surface area contributed by atoms with Gasteiger partial charge < -0.3 is 5.32 Å². The van der Waals surface area contributed by atoms with E-state index in [4.69, 9.17) is 0 Å². The highest BCUT2D eigenvalue weighted by molar-refractivity contribution is 5.91. The number of carbonyl (C=O) groups is 1. The second-order valence-corrected chi connectivity index (χ2v) is 7.08. The monoisotopic (exact) mass is 331 g/mol. The van der Waals surface area contributed by atoms with Crippen molar-refractivity contribution in [2.45, 2.75) is 97.8 Å². The van der Waals surface area contributed by atoms with Crippen molar-refractivity contribution < 1.29 is 4.79 Å². The lowest BCUT2D eigenvalue weighted by atomic mass is 10.0. The number of hydrogen-bond acceptors (Lipinski definition) is 1. The fraction of sp³-hybridized carbons (Fsp3) is 0.682. The molecular weight excluding hydrogens is 294 g/mol. The van der Waals surface area contributed by atoms with Crippen LogP contribution in [0.15, 0.2) is 18.2 Å². The van der Waals surface area contributed by atoms with Crippen molar-refractivity contribution in [1.29, 1.82) is 0 Å². The zero-order valence-corrected chi connectivity index (χ0v) is 16.1. The molecule has 24 heavy (non-hydrogen) atoms. The number of nitrogens with one attached hydrogen (secondary N) is 1. The van der Waals surface area contributed by atoms with E-state index >= 15 is 0 Å². The predicted molar refractivity (Wildman–Crippen MR) is 106 cm³/mol. The van der Waals surface area contributed by atoms with Crippen LogP contribution in [0, 0.1) is 13.8 Å². The maximum atomic E-state index is 12.0. The summed E-state index contributed by atoms with van der Waals surface area (Å²) in [5, 5.41) is 3.05. The van der Waals surface area contributed by atoms with Gasteiger partial charge in [-0.15, -0.1) is 0 Å². The Morgan fingerprint density at radius 1 is 0.833 bits per heavy atom. The van der Waals surface area contributed by atoms with Gasteiger partial charge in [-0.2, -0.15) is 0 Å². The first-order chi connectivity index (χ1) is 11.6. The zero-order valence-electron chi connectivity index (χ0n) is 16.1. The lowest BCUT2D eigenvalue weighted by Crippen LogP contribution is -2.12. The molecule has 0 aliphatic carbocycles. The van der Waals surface area contributed by atoms with E-state index in [1.54, 1.807) is 0 Å². The smallest absolute Gasteiger partial charge is 0.224 e. The molecule has 1 aromatic rings. The van der Waals surface area contributed by atoms with Gasteiger partial charge in [0.15, 0.2) is 0 Å². The van der Waals surface area contributed by atoms with Crippen LogP contribution in [0.2, 0.25) is 0 Å². The molecule has 1 aromatic carbocycles. The molecule has 0 saturated heterocycles. The molecule has 0 spiro atoms. The third-order valence-electron chi connectivity index (χ3n) is 4.89. The third-order valence-corrected chi connectivity index (χ3v) is 4.89. The molecule has 0 heterocycles. The van der Waals surface area contributed by atoms with E-state index in [-0.39, 0.29) is 5.91 Å². The molecule has 0 aliphatic heterocycles. The third kappa shape index (κ3) is 9.10. The van der Waals surface area contributed by atoms with Crippen molar-refractivity contribution in [3.63, 3.8) is 0 Å². The van der Waals surface area contributed by atoms with Gasteiger partial charge in [0.1, 0.15) is 0 Å². The van der Waals surface area contributed by atoms with Crippen molar-refractivity contribution >= 4 is 11.6 Å². The second-order valence-electron chi connectivity index (χ2n) is 7.08. The van der Waals surface area contributed by atoms with Gasteiger partial charge in [-0.25, -0.2) is 0 Å². The molecule has 0 aromatic heterocycles. The Morgan fingerprint density at radius 2 is 1.38 bits per heavy atom. The van der Waals surface area contributed by atoms with Crippen molar-refractivity contribution in [1.82, 2.24) is 0 Å². The summed E-state index contributed by atoms with van der Waals surface area (Å²) in [7, 11) is 0. The SMILES string of the molecule is CCCCCCCCCCCCCC(=O)Nc1cccc(C)c1C. The number of carbonyl (C=O) groups excluding carboxylic acids is 1. The van der Waals surface area contributed by atoms with E-state index in [1.807, 2.05) is 12.1 Å². The fourth-order valence-electron chi connectivity index (χ4n) is 3.05. The summed E-state index contributed by atoms with van der Waals surface area (Å²) in [5.74, 6) is 0.152. The van der Waals surface area contributed by atoms with Crippen LogP contribution < -0.4 is 5.32 Å². The Labute approximate surface area is 149 Å². The number of unbranched alkanes of at least 4 members (excludes halogenated alkanes) is 10. The highest BCUT2D eigenvalue weighted by Gasteiger charge is 2.05. The van der Waals surface area contributed by atoms with E-state index in [2.05, 4.69) is 32.2 Å². The average molecular weight is 332 g/mol. The van der Waals surface area contributed by atoms with Gasteiger partial charge in [-0.3, -0.25) is 4.79 Å². The molecule has 0 saturated carbocycles. The molecule has 1 rings (SSSR count). The number of anilines is 1. The molecule has 0 radical (unpaired) electrons. The molecule has 2 heteroatoms. The largest absolute Gasteiger partial charge is 0.326 e. The second kappa shape index (κ2) is 13.0. The fourth-order valence-corrected chi connectivity index (χ4v) is 3.05. The topological polar surface area (TPSA) is 29.1 Å². The number of rotatable bonds is 13. The summed E-state index contributed by atoms with van der Waals surface area (Å²) in [6.07, 6.45) is 15.1. The molecule has 1 amide bonds. The minimum absolute atomic E-state index is 0.152. The van der Waals surface area contributed by atoms with Crippen molar-refractivity contribution in [3.8, 4) is 0 Å². The van der Waals surface area contributed by atoms with E-state index in [9.17, 15) is 4.79 Å². The molecule has 0 atom stereocenters. The van der Waals surface area contributed by atoms with Crippen LogP contribution in [-0.2, 0) is 4.79 Å². The maximum Gasteiger partial charge on any atom is 0.224 e. The first-order valence-electron chi connectivity index (χ1n) is 10.0. The van der Waals surface area contributed by atoms with Crippen LogP contribution in [0.1, 0.15) is 95.1 Å². The molecular formula is C22H37NO. The van der Waals surface area contributed by atoms with Crippen LogP contribution in [0.3, 0.4) is 0 Å².